The number of nitrogens with zero attached hydrogens (tertiary/aromatic N) is 4. The molecule has 2 heterocycles. The van der Waals surface area contributed by atoms with Gasteiger partial charge >= 0.3 is 0 Å². The fourth-order valence-corrected chi connectivity index (χ4v) is 6.49. The van der Waals surface area contributed by atoms with Crippen LogP contribution in [0.3, 0.4) is 0 Å². The van der Waals surface area contributed by atoms with Crippen LogP contribution in [-0.2, 0) is 14.8 Å². The molecule has 1 fully saturated rings. The number of pyridine rings is 1. The maximum absolute atomic E-state index is 13.7. The van der Waals surface area contributed by atoms with Crippen LogP contribution >= 0.6 is 0 Å². The number of benzene rings is 1. The van der Waals surface area contributed by atoms with E-state index >= 15 is 0 Å². The van der Waals surface area contributed by atoms with Gasteiger partial charge < -0.3 is 14.2 Å². The number of methoxy groups -OCH3 is 3. The zero-order valence-electron chi connectivity index (χ0n) is 22.3. The lowest BCUT2D eigenvalue weighted by molar-refractivity contribution is -0.0367. The van der Waals surface area contributed by atoms with Gasteiger partial charge in [-0.2, -0.15) is 0 Å². The highest BCUT2D eigenvalue weighted by atomic mass is 32.2. The average molecular weight is 530 g/mol. The van der Waals surface area contributed by atoms with Gasteiger partial charge in [0, 0.05) is 25.1 Å². The van der Waals surface area contributed by atoms with Crippen LogP contribution < -0.4 is 14.2 Å². The van der Waals surface area contributed by atoms with Gasteiger partial charge in [0.05, 0.1) is 20.3 Å². The van der Waals surface area contributed by atoms with Crippen LogP contribution in [0, 0.1) is 18.3 Å². The van der Waals surface area contributed by atoms with Gasteiger partial charge in [0.2, 0.25) is 16.0 Å². The van der Waals surface area contributed by atoms with Crippen molar-refractivity contribution >= 4 is 16.0 Å². The van der Waals surface area contributed by atoms with Gasteiger partial charge in [-0.15, -0.1) is 10.2 Å². The molecule has 1 saturated carbocycles. The fraction of sp³-hybridized carbons (Fsp3) is 0.500. The van der Waals surface area contributed by atoms with Gasteiger partial charge in [-0.3, -0.25) is 14.3 Å². The number of nitrogens with one attached hydrogen (secondary N) is 1. The highest BCUT2D eigenvalue weighted by molar-refractivity contribution is 7.93. The molecule has 2 aromatic heterocycles. The molecule has 2 atom stereocenters. The molecule has 200 valence electrons. The molecule has 0 amide bonds. The largest absolute Gasteiger partial charge is 0.494 e. The van der Waals surface area contributed by atoms with Crippen LogP contribution in [0.2, 0.25) is 0 Å². The molecule has 0 bridgehead atoms. The molecule has 1 aliphatic rings. The zero-order valence-corrected chi connectivity index (χ0v) is 23.2. The van der Waals surface area contributed by atoms with E-state index in [0.29, 0.717) is 28.6 Å². The van der Waals surface area contributed by atoms with Crippen LogP contribution in [0.1, 0.15) is 39.2 Å². The molecule has 11 heteroatoms. The summed E-state index contributed by atoms with van der Waals surface area (Å²) in [5.74, 6) is 1.47. The van der Waals surface area contributed by atoms with Gasteiger partial charge in [-0.25, -0.2) is 8.42 Å². The first-order valence-electron chi connectivity index (χ1n) is 12.1. The van der Waals surface area contributed by atoms with Crippen LogP contribution in [0.25, 0.3) is 17.1 Å². The third kappa shape index (κ3) is 5.28. The van der Waals surface area contributed by atoms with Gasteiger partial charge in [0.1, 0.15) is 22.4 Å². The Labute approximate surface area is 218 Å². The Hall–Kier alpha value is -3.18. The lowest BCUT2D eigenvalue weighted by atomic mass is 9.62. The number of rotatable bonds is 10. The minimum absolute atomic E-state index is 0.00921. The lowest BCUT2D eigenvalue weighted by Gasteiger charge is -2.47. The molecule has 4 rings (SSSR count). The summed E-state index contributed by atoms with van der Waals surface area (Å²) >= 11 is 0. The SMILES string of the molecule is COc1cccc(OC)c1-n1c(NS(=O)(=O)C(C)C(OC)C2CC(C)(C)C2)nnc1-c1cncc(C)c1. The highest BCUT2D eigenvalue weighted by Gasteiger charge is 2.45. The van der Waals surface area contributed by atoms with Gasteiger partial charge in [-0.1, -0.05) is 19.9 Å². The second-order valence-corrected chi connectivity index (χ2v) is 12.4. The molecular formula is C26H35N5O5S. The van der Waals surface area contributed by atoms with E-state index in [-0.39, 0.29) is 17.3 Å². The molecule has 0 radical (unpaired) electrons. The first kappa shape index (κ1) is 26.9. The maximum atomic E-state index is 13.7. The molecular weight excluding hydrogens is 494 g/mol. The van der Waals surface area contributed by atoms with Crippen molar-refractivity contribution in [3.05, 3.63) is 42.2 Å². The third-order valence-corrected chi connectivity index (χ3v) is 8.69. The van der Waals surface area contributed by atoms with E-state index in [0.717, 1.165) is 18.4 Å². The minimum atomic E-state index is -3.93. The van der Waals surface area contributed by atoms with E-state index in [9.17, 15) is 8.42 Å². The second-order valence-electron chi connectivity index (χ2n) is 10.3. The van der Waals surface area contributed by atoms with Crippen molar-refractivity contribution < 1.29 is 22.6 Å². The van der Waals surface area contributed by atoms with Gasteiger partial charge in [0.25, 0.3) is 0 Å². The van der Waals surface area contributed by atoms with E-state index in [2.05, 4.69) is 33.8 Å². The summed E-state index contributed by atoms with van der Waals surface area (Å²) in [5.41, 5.74) is 2.23. The molecule has 2 unspecified atom stereocenters. The van der Waals surface area contributed by atoms with Crippen molar-refractivity contribution in [3.8, 4) is 28.6 Å². The Kier molecular flexibility index (Phi) is 7.48. The molecule has 10 nitrogen and oxygen atoms in total. The van der Waals surface area contributed by atoms with Gasteiger partial charge in [0.15, 0.2) is 5.82 Å². The molecule has 0 saturated heterocycles. The smallest absolute Gasteiger partial charge is 0.243 e. The van der Waals surface area contributed by atoms with Crippen molar-refractivity contribution in [3.63, 3.8) is 0 Å². The number of para-hydroxylation sites is 1. The summed E-state index contributed by atoms with van der Waals surface area (Å²) in [4.78, 5) is 4.27. The zero-order chi connectivity index (χ0) is 27.0. The number of aryl methyl sites for hydroxylation is 1. The Bertz CT molecular complexity index is 1340. The first-order chi connectivity index (χ1) is 17.5. The van der Waals surface area contributed by atoms with Crippen LogP contribution in [0.4, 0.5) is 5.95 Å². The summed E-state index contributed by atoms with van der Waals surface area (Å²) in [6, 6.07) is 7.21. The highest BCUT2D eigenvalue weighted by Crippen LogP contribution is 2.48. The number of sulfonamides is 1. The standard InChI is InChI=1S/C26H35N5O5S/c1-16-11-18(15-27-14-16)24-28-29-25(31(24)22-20(34-5)9-8-10-21(22)35-6)30-37(32,33)17(2)23(36-7)19-12-26(3,4)13-19/h8-11,14-15,17,19,23H,12-13H2,1-7H3,(H,29,30). The summed E-state index contributed by atoms with van der Waals surface area (Å²) in [6.45, 7) is 7.94. The van der Waals surface area contributed by atoms with Crippen molar-refractivity contribution in [2.45, 2.75) is 51.9 Å². The second kappa shape index (κ2) is 10.3. The Morgan fingerprint density at radius 3 is 2.27 bits per heavy atom. The Morgan fingerprint density at radius 2 is 1.73 bits per heavy atom. The number of hydrogen-bond donors (Lipinski definition) is 1. The number of ether oxygens (including phenoxy) is 3. The van der Waals surface area contributed by atoms with E-state index < -0.39 is 21.4 Å². The summed E-state index contributed by atoms with van der Waals surface area (Å²) < 4.78 is 48.5. The Balaban J connectivity index is 1.80. The van der Waals surface area contributed by atoms with Crippen LogP contribution in [0.15, 0.2) is 36.7 Å². The topological polar surface area (TPSA) is 117 Å². The van der Waals surface area contributed by atoms with E-state index in [1.54, 1.807) is 49.2 Å². The predicted molar refractivity (Wildman–Crippen MR) is 142 cm³/mol. The van der Waals surface area contributed by atoms with Crippen molar-refractivity contribution in [2.24, 2.45) is 11.3 Å². The first-order valence-corrected chi connectivity index (χ1v) is 13.7. The van der Waals surface area contributed by atoms with E-state index in [1.807, 2.05) is 13.0 Å². The molecule has 0 aliphatic heterocycles. The lowest BCUT2D eigenvalue weighted by Crippen LogP contribution is -2.48. The van der Waals surface area contributed by atoms with Gasteiger partial charge in [-0.05, 0) is 61.8 Å². The van der Waals surface area contributed by atoms with Crippen LogP contribution in [0.5, 0.6) is 11.5 Å². The Morgan fingerprint density at radius 1 is 1.08 bits per heavy atom. The maximum Gasteiger partial charge on any atom is 0.243 e. The summed E-state index contributed by atoms with van der Waals surface area (Å²) in [5, 5.41) is 7.77. The minimum Gasteiger partial charge on any atom is -0.494 e. The average Bonchev–Trinajstić information content (AvgIpc) is 3.24. The number of anilines is 1. The monoisotopic (exact) mass is 529 g/mol. The summed E-state index contributed by atoms with van der Waals surface area (Å²) in [7, 11) is 0.704. The van der Waals surface area contributed by atoms with Crippen molar-refractivity contribution in [1.82, 2.24) is 19.7 Å². The normalized spacial score (nSPS) is 17.1. The molecule has 0 spiro atoms. The van der Waals surface area contributed by atoms with Crippen molar-refractivity contribution in [1.29, 1.82) is 0 Å². The fourth-order valence-electron chi connectivity index (χ4n) is 5.23. The quantitative estimate of drug-likeness (QED) is 0.415. The van der Waals surface area contributed by atoms with Crippen molar-refractivity contribution in [2.75, 3.05) is 26.1 Å². The van der Waals surface area contributed by atoms with E-state index in [4.69, 9.17) is 14.2 Å². The molecule has 3 aromatic rings. The molecule has 1 aliphatic carbocycles. The molecule has 1 N–H and O–H groups in total. The number of hydrogen-bond acceptors (Lipinski definition) is 8. The van der Waals surface area contributed by atoms with Crippen LogP contribution in [-0.4, -0.2) is 60.8 Å². The number of aromatic nitrogens is 4. The molecule has 1 aromatic carbocycles. The van der Waals surface area contributed by atoms with E-state index in [1.165, 1.54) is 14.2 Å². The molecule has 37 heavy (non-hydrogen) atoms. The summed E-state index contributed by atoms with van der Waals surface area (Å²) in [6.07, 6.45) is 4.74. The third-order valence-electron chi connectivity index (χ3n) is 6.97. The predicted octanol–water partition coefficient (Wildman–Crippen LogP) is 4.24.